The van der Waals surface area contributed by atoms with Gasteiger partial charge in [0.25, 0.3) is 0 Å². The number of aliphatic hydroxyl groups is 1. The van der Waals surface area contributed by atoms with Gasteiger partial charge in [0.1, 0.15) is 11.6 Å². The summed E-state index contributed by atoms with van der Waals surface area (Å²) in [5.41, 5.74) is 1.31. The number of halogens is 2. The Balaban J connectivity index is 1.53. The normalized spacial score (nSPS) is 16.4. The van der Waals surface area contributed by atoms with Crippen LogP contribution in [0.1, 0.15) is 47.8 Å². The van der Waals surface area contributed by atoms with Gasteiger partial charge in [0, 0.05) is 36.1 Å². The largest absolute Gasteiger partial charge is 0.478 e. The van der Waals surface area contributed by atoms with Gasteiger partial charge < -0.3 is 25.2 Å². The Labute approximate surface area is 246 Å². The summed E-state index contributed by atoms with van der Waals surface area (Å²) >= 11 is 0. The number of carbonyl (C=O) groups is 3. The van der Waals surface area contributed by atoms with Crippen LogP contribution < -0.4 is 10.1 Å². The molecule has 2 aliphatic heterocycles. The number of carboxylic acids is 1. The monoisotopic (exact) mass is 589 g/mol. The first-order chi connectivity index (χ1) is 20.3. The number of nitrogens with zero attached hydrogens (tertiary/aromatic N) is 2. The van der Waals surface area contributed by atoms with E-state index in [0.29, 0.717) is 34.2 Å². The number of hydrogen-bond acceptors (Lipinski definition) is 6. The molecule has 0 bridgehead atoms. The van der Waals surface area contributed by atoms with Crippen LogP contribution in [0.5, 0.6) is 11.5 Å². The molecular formula is C32H29F2N3O6. The maximum atomic E-state index is 14.6. The Kier molecular flexibility index (Phi) is 7.76. The van der Waals surface area contributed by atoms with Gasteiger partial charge in [-0.2, -0.15) is 0 Å². The van der Waals surface area contributed by atoms with Crippen LogP contribution in [-0.2, 0) is 16.9 Å². The summed E-state index contributed by atoms with van der Waals surface area (Å²) < 4.78 is 34.0. The van der Waals surface area contributed by atoms with E-state index in [-0.39, 0.29) is 35.9 Å². The number of rotatable bonds is 7. The molecule has 5 rings (SSSR count). The minimum atomic E-state index is -1.28. The highest BCUT2D eigenvalue weighted by Gasteiger charge is 2.38. The van der Waals surface area contributed by atoms with Gasteiger partial charge in [-0.25, -0.2) is 18.4 Å². The number of fused-ring (bicyclic) bond motifs is 1. The van der Waals surface area contributed by atoms with Crippen molar-refractivity contribution in [2.45, 2.75) is 39.0 Å². The lowest BCUT2D eigenvalue weighted by Gasteiger charge is -2.37. The third-order valence-electron chi connectivity index (χ3n) is 7.27. The van der Waals surface area contributed by atoms with Crippen LogP contribution in [0.4, 0.5) is 13.6 Å². The molecule has 0 fully saturated rings. The zero-order valence-electron chi connectivity index (χ0n) is 23.6. The average molecular weight is 590 g/mol. The third-order valence-corrected chi connectivity index (χ3v) is 7.27. The Morgan fingerprint density at radius 3 is 2.40 bits per heavy atom. The second-order valence-electron chi connectivity index (χ2n) is 10.8. The summed E-state index contributed by atoms with van der Waals surface area (Å²) in [6, 6.07) is 12.7. The van der Waals surface area contributed by atoms with Gasteiger partial charge in [0.2, 0.25) is 0 Å². The van der Waals surface area contributed by atoms with Gasteiger partial charge in [-0.05, 0) is 68.3 Å². The maximum Gasteiger partial charge on any atom is 0.335 e. The molecule has 3 aromatic carbocycles. The quantitative estimate of drug-likeness (QED) is 0.339. The summed E-state index contributed by atoms with van der Waals surface area (Å²) in [7, 11) is 0. The number of carbonyl (C=O) groups excluding carboxylic acids is 2. The molecule has 3 N–H and O–H groups in total. The molecule has 2 amide bonds. The highest BCUT2D eigenvalue weighted by Crippen LogP contribution is 2.41. The highest BCUT2D eigenvalue weighted by molar-refractivity contribution is 6.00. The van der Waals surface area contributed by atoms with Gasteiger partial charge >= 0.3 is 12.0 Å². The smallest absolute Gasteiger partial charge is 0.335 e. The predicted molar refractivity (Wildman–Crippen MR) is 153 cm³/mol. The SMILES string of the molecule is CC1C(=O)C=C2CN(C(=O)NCc3ccc(C(=O)O)cc3)C=C(c3cc(C(C)(C)O)ccc3Oc3ccc(F)cc3F)N21. The van der Waals surface area contributed by atoms with Crippen molar-refractivity contribution >= 4 is 23.5 Å². The Bertz CT molecular complexity index is 1680. The number of ether oxygens (including phenoxy) is 1. The van der Waals surface area contributed by atoms with E-state index in [9.17, 15) is 28.3 Å². The lowest BCUT2D eigenvalue weighted by molar-refractivity contribution is -0.116. The van der Waals surface area contributed by atoms with Crippen LogP contribution in [0, 0.1) is 11.6 Å². The second-order valence-corrected chi connectivity index (χ2v) is 10.8. The molecule has 222 valence electrons. The van der Waals surface area contributed by atoms with Crippen LogP contribution in [0.25, 0.3) is 5.70 Å². The number of urea groups is 1. The van der Waals surface area contributed by atoms with E-state index < -0.39 is 35.3 Å². The van der Waals surface area contributed by atoms with Crippen molar-refractivity contribution in [3.63, 3.8) is 0 Å². The number of nitrogens with one attached hydrogen (secondary N) is 1. The highest BCUT2D eigenvalue weighted by atomic mass is 19.1. The van der Waals surface area contributed by atoms with Crippen LogP contribution in [0.2, 0.25) is 0 Å². The summed E-state index contributed by atoms with van der Waals surface area (Å²) in [5, 5.41) is 22.7. The van der Waals surface area contributed by atoms with Gasteiger partial charge in [-0.3, -0.25) is 9.69 Å². The van der Waals surface area contributed by atoms with Crippen LogP contribution >= 0.6 is 0 Å². The zero-order valence-corrected chi connectivity index (χ0v) is 23.6. The molecule has 43 heavy (non-hydrogen) atoms. The molecule has 0 aliphatic carbocycles. The minimum Gasteiger partial charge on any atom is -0.478 e. The molecule has 0 radical (unpaired) electrons. The molecule has 9 nitrogen and oxygen atoms in total. The fraction of sp³-hybridized carbons (Fsp3) is 0.219. The number of carboxylic acid groups (broad SMARTS) is 1. The van der Waals surface area contributed by atoms with E-state index in [1.165, 1.54) is 29.2 Å². The molecule has 1 atom stereocenters. The molecule has 2 aliphatic rings. The van der Waals surface area contributed by atoms with Crippen molar-refractivity contribution in [1.82, 2.24) is 15.1 Å². The Hall–Kier alpha value is -5.03. The first-order valence-electron chi connectivity index (χ1n) is 13.4. The van der Waals surface area contributed by atoms with E-state index in [1.807, 2.05) is 0 Å². The van der Waals surface area contributed by atoms with Crippen LogP contribution in [0.15, 0.2) is 78.6 Å². The fourth-order valence-electron chi connectivity index (χ4n) is 4.90. The lowest BCUT2D eigenvalue weighted by Crippen LogP contribution is -2.44. The van der Waals surface area contributed by atoms with Gasteiger partial charge in [-0.15, -0.1) is 0 Å². The molecule has 0 saturated heterocycles. The predicted octanol–water partition coefficient (Wildman–Crippen LogP) is 5.36. The molecular weight excluding hydrogens is 560 g/mol. The van der Waals surface area contributed by atoms with E-state index >= 15 is 0 Å². The number of amides is 2. The molecule has 0 saturated carbocycles. The van der Waals surface area contributed by atoms with Crippen molar-refractivity contribution in [1.29, 1.82) is 0 Å². The standard InChI is InChI=1S/C32H29F2N3O6/c1-18-27(38)14-23-16-36(31(41)35-15-19-4-6-20(7-5-19)30(39)40)17-26(37(18)23)24-12-21(32(2,3)42)8-10-28(24)43-29-11-9-22(33)13-25(29)34/h4-14,17-18,42H,15-16H2,1-3H3,(H,35,41)(H,39,40). The van der Waals surface area contributed by atoms with E-state index in [0.717, 1.165) is 12.1 Å². The van der Waals surface area contributed by atoms with Gasteiger partial charge in [0.05, 0.1) is 29.4 Å². The minimum absolute atomic E-state index is 0.0807. The maximum absolute atomic E-state index is 14.6. The van der Waals surface area contributed by atoms with Crippen LogP contribution in [-0.4, -0.2) is 50.4 Å². The first kappa shape index (κ1) is 29.5. The van der Waals surface area contributed by atoms with Crippen molar-refractivity contribution in [3.8, 4) is 11.5 Å². The number of hydrogen-bond donors (Lipinski definition) is 3. The van der Waals surface area contributed by atoms with E-state index in [2.05, 4.69) is 5.32 Å². The van der Waals surface area contributed by atoms with Crippen molar-refractivity contribution in [3.05, 3.63) is 113 Å². The molecule has 1 unspecified atom stereocenters. The van der Waals surface area contributed by atoms with Gasteiger partial charge in [0.15, 0.2) is 17.3 Å². The third kappa shape index (κ3) is 6.12. The number of ketones is 1. The summed E-state index contributed by atoms with van der Waals surface area (Å²) in [6.45, 7) is 5.10. The van der Waals surface area contributed by atoms with Crippen LogP contribution in [0.3, 0.4) is 0 Å². The van der Waals surface area contributed by atoms with E-state index in [1.54, 1.807) is 56.1 Å². The molecule has 0 spiro atoms. The van der Waals surface area contributed by atoms with Crippen molar-refractivity contribution in [2.24, 2.45) is 0 Å². The summed E-state index contributed by atoms with van der Waals surface area (Å²) in [5.74, 6) is -3.00. The van der Waals surface area contributed by atoms with Crippen molar-refractivity contribution < 1.29 is 38.1 Å². The Morgan fingerprint density at radius 1 is 1.05 bits per heavy atom. The lowest BCUT2D eigenvalue weighted by atomic mass is 9.94. The van der Waals surface area contributed by atoms with E-state index in [4.69, 9.17) is 9.84 Å². The summed E-state index contributed by atoms with van der Waals surface area (Å²) in [6.07, 6.45) is 3.01. The zero-order chi connectivity index (χ0) is 31.1. The average Bonchev–Trinajstić information content (AvgIpc) is 3.25. The Morgan fingerprint density at radius 2 is 1.74 bits per heavy atom. The topological polar surface area (TPSA) is 119 Å². The molecule has 3 aromatic rings. The molecule has 11 heteroatoms. The molecule has 2 heterocycles. The fourth-order valence-corrected chi connectivity index (χ4v) is 4.90. The first-order valence-corrected chi connectivity index (χ1v) is 13.4. The number of benzene rings is 3. The summed E-state index contributed by atoms with van der Waals surface area (Å²) in [4.78, 5) is 40.4. The molecule has 0 aromatic heterocycles. The van der Waals surface area contributed by atoms with Gasteiger partial charge in [-0.1, -0.05) is 18.2 Å². The van der Waals surface area contributed by atoms with Crippen molar-refractivity contribution in [2.75, 3.05) is 6.54 Å². The second kappa shape index (κ2) is 11.3. The number of aromatic carboxylic acids is 1.